The number of carbonyl (C=O) groups is 20. The maximum Gasteiger partial charge on any atom is 0.305 e. The van der Waals surface area contributed by atoms with Crippen LogP contribution in [-0.2, 0) is 145 Å². The molecule has 15 amide bonds. The van der Waals surface area contributed by atoms with E-state index >= 15 is 14.4 Å². The molecule has 0 radical (unpaired) electrons. The van der Waals surface area contributed by atoms with E-state index in [4.69, 9.17) is 17.2 Å². The summed E-state index contributed by atoms with van der Waals surface area (Å²) in [6, 6.07) is -3.01. The highest BCUT2D eigenvalue weighted by molar-refractivity contribution is 8.01. The van der Waals surface area contributed by atoms with Crippen molar-refractivity contribution in [3.63, 3.8) is 0 Å². The van der Waals surface area contributed by atoms with Crippen molar-refractivity contribution in [2.75, 3.05) is 71.8 Å². The summed E-state index contributed by atoms with van der Waals surface area (Å²) in [7, 11) is -14.9. The molecule has 0 spiro atoms. The van der Waals surface area contributed by atoms with Gasteiger partial charge in [0.15, 0.2) is 5.78 Å². The molecule has 784 valence electrons. The van der Waals surface area contributed by atoms with Gasteiger partial charge in [-0.3, -0.25) is 95.9 Å². The van der Waals surface area contributed by atoms with Gasteiger partial charge in [0.25, 0.3) is 0 Å². The maximum atomic E-state index is 15.3. The van der Waals surface area contributed by atoms with Crippen LogP contribution in [0.25, 0.3) is 10.8 Å². The molecule has 24 N–H and O–H groups in total. The van der Waals surface area contributed by atoms with Gasteiger partial charge in [0, 0.05) is 73.0 Å². The topological polar surface area (TPSA) is 789 Å². The summed E-state index contributed by atoms with van der Waals surface area (Å²) in [6.45, 7) is 4.30. The number of aliphatic carboxylic acids is 4. The standard InChI is InChI=1S/C87H119N19O31S6/c1-46(88)74(119)101-64-41-139-28-31-142(134,135)105-43-104-44-106(45-105)143(136,137)32-29-140-42-65(102-76(121)48(3)91-79(124)60(35-52-17-12-16-51-15-10-11-18-55(51)52)98-77(122)56(23-25-68(110)111)93-82(127)61(37-67(89)109)95-75(120)47(2)92-85(64)130)86(131)94-57(24-26-69(112)113)78(123)99-62(38-70(114)115)83(128)97-58(33-49-13-8-7-9-14-49)80(125)96-59(34-50-19-21-54(107)22-20-50)81(126)100-63(39-71(116)117)84(129)103-72(87(4,5)6)66(108)36-53(73(90)118)40-138-27-30-141(104,132)133/h7-22,46-48,53,56-65,72,107H,23-45,88H2,1-6H3,(H2,89,109)(H2,90,118)(H,91,124)(H,92,130)(H,93,127)(H,94,131)(H,95,120)(H,96,125)(H,97,128)(H,98,122)(H,99,123)(H,100,126)(H,101,119)(H,102,121)(H,103,129)(H,110,111)(H,112,113)(H,114,115)(H,116,117)/t46-,47+,48+,53-,56-,57-,58-,59-,60-,61-,62-,63-,64-,65-,72+/m0/s1. The molecule has 7 rings (SSSR count). The van der Waals surface area contributed by atoms with Crippen LogP contribution in [0.5, 0.6) is 5.75 Å². The van der Waals surface area contributed by atoms with Gasteiger partial charge in [-0.05, 0) is 78.6 Å². The second-order valence-corrected chi connectivity index (χ2v) is 44.7. The maximum absolute atomic E-state index is 15.3. The number of carboxylic acids is 4. The number of Topliss-reactive ketones (excluding diaryl/α,β-unsaturated/α-hetero) is 1. The molecule has 0 aliphatic carbocycles. The number of nitrogens with zero attached hydrogens (tertiary/aromatic N) is 3. The molecule has 3 fully saturated rings. The highest BCUT2D eigenvalue weighted by Crippen LogP contribution is 2.28. The number of hydrogen-bond donors (Lipinski definition) is 21. The van der Waals surface area contributed by atoms with Crippen LogP contribution in [0.2, 0.25) is 0 Å². The van der Waals surface area contributed by atoms with E-state index in [1.165, 1.54) is 82.3 Å². The Kier molecular flexibility index (Phi) is 44.4. The number of aromatic hydroxyl groups is 1. The monoisotopic (exact) mass is 2120 g/mol. The highest BCUT2D eigenvalue weighted by Gasteiger charge is 2.45. The Morgan fingerprint density at radius 1 is 0.434 bits per heavy atom. The van der Waals surface area contributed by atoms with Crippen LogP contribution in [0.3, 0.4) is 0 Å². The van der Waals surface area contributed by atoms with Crippen molar-refractivity contribution >= 4 is 194 Å². The van der Waals surface area contributed by atoms with Gasteiger partial charge < -0.3 is 112 Å². The summed E-state index contributed by atoms with van der Waals surface area (Å²) in [5.41, 5.74) is 16.7. The average molecular weight is 2120 g/mol. The first-order valence-electron chi connectivity index (χ1n) is 44.6. The minimum Gasteiger partial charge on any atom is -0.508 e. The number of phenolic OH excluding ortho intramolecular Hbond substituents is 1. The molecule has 4 aromatic rings. The minimum absolute atomic E-state index is 0.176. The zero-order valence-electron chi connectivity index (χ0n) is 78.5. The van der Waals surface area contributed by atoms with Crippen LogP contribution in [-0.4, -0.2) is 338 Å². The van der Waals surface area contributed by atoms with Crippen molar-refractivity contribution in [2.24, 2.45) is 28.5 Å². The van der Waals surface area contributed by atoms with Crippen LogP contribution in [0.4, 0.5) is 0 Å². The van der Waals surface area contributed by atoms with Crippen molar-refractivity contribution in [1.29, 1.82) is 0 Å². The Morgan fingerprint density at radius 3 is 1.29 bits per heavy atom. The lowest BCUT2D eigenvalue weighted by Gasteiger charge is -2.40. The predicted octanol–water partition coefficient (Wildman–Crippen LogP) is -6.07. The van der Waals surface area contributed by atoms with Crippen LogP contribution in [0, 0.1) is 11.3 Å². The molecule has 3 aliphatic rings. The summed E-state index contributed by atoms with van der Waals surface area (Å²) in [4.78, 5) is 281. The molecule has 3 heterocycles. The van der Waals surface area contributed by atoms with Gasteiger partial charge in [-0.15, -0.1) is 0 Å². The van der Waals surface area contributed by atoms with Gasteiger partial charge in [-0.25, -0.2) is 25.3 Å². The number of carbonyl (C=O) groups excluding carboxylic acids is 16. The van der Waals surface area contributed by atoms with Gasteiger partial charge in [-0.1, -0.05) is 106 Å². The Morgan fingerprint density at radius 2 is 0.818 bits per heavy atom. The number of benzene rings is 4. The van der Waals surface area contributed by atoms with Crippen molar-refractivity contribution in [3.05, 3.63) is 114 Å². The number of primary amides is 2. The summed E-state index contributed by atoms with van der Waals surface area (Å²) in [5.74, 6) is -35.6. The first kappa shape index (κ1) is 117. The van der Waals surface area contributed by atoms with Crippen molar-refractivity contribution in [2.45, 2.75) is 197 Å². The lowest BCUT2D eigenvalue weighted by atomic mass is 9.81. The number of nitrogens with one attached hydrogen (secondary N) is 13. The van der Waals surface area contributed by atoms with Crippen molar-refractivity contribution in [3.8, 4) is 5.75 Å². The molecule has 4 aromatic carbocycles. The van der Waals surface area contributed by atoms with Crippen LogP contribution in [0.15, 0.2) is 97.1 Å². The fourth-order valence-electron chi connectivity index (χ4n) is 14.5. The molecule has 0 aromatic heterocycles. The number of phenols is 1. The number of ketones is 1. The normalized spacial score (nSPS) is 26.9. The van der Waals surface area contributed by atoms with Crippen LogP contribution < -0.4 is 86.3 Å². The number of hydrogen-bond acceptors (Lipinski definition) is 31. The number of sulfonamides is 3. The van der Waals surface area contributed by atoms with Crippen molar-refractivity contribution < 1.29 is 147 Å². The molecule has 3 saturated heterocycles. The van der Waals surface area contributed by atoms with Crippen LogP contribution >= 0.6 is 35.3 Å². The fourth-order valence-corrected chi connectivity index (χ4v) is 23.4. The SMILES string of the molecule is C[C@H](N)C(=O)N[C@H]1CSCCS(=O)(=O)N2CN3CN(C2)S(=O)(=O)CCSC[C@H](NC(=O)[C@@H](C)NC(=O)[C@H](Cc2cccc4ccccc24)NC(=O)[C@H](CCC(=O)O)NC(=O)[C@H](CC(N)=O)NC(=O)[C@@H](C)NC1=O)C(=O)N[C@@H](CCC(=O)O)C(=O)N[C@@H](CC(=O)O)C(=O)N[C@@H](Cc1ccccc1)C(=O)N[C@@H](Cc1ccc(O)cc1)C(=O)N[C@@H](CC(=O)O)C(=O)N[C@@H](C(C)(C)C)C(=O)C[C@H](C(N)=O)CSCCS3(=O)=O. The zero-order valence-corrected chi connectivity index (χ0v) is 83.4. The van der Waals surface area contributed by atoms with E-state index in [-0.39, 0.29) is 16.9 Å². The Labute approximate surface area is 834 Å². The van der Waals surface area contributed by atoms with E-state index in [1.54, 1.807) is 42.5 Å². The molecule has 3 unspecified atom stereocenters. The second-order valence-electron chi connectivity index (χ2n) is 35.0. The number of carboxylic acid groups (broad SMARTS) is 4. The summed E-state index contributed by atoms with van der Waals surface area (Å²) in [5, 5.41) is 82.3. The summed E-state index contributed by atoms with van der Waals surface area (Å²) in [6.07, 6.45) is -9.70. The molecule has 18 atom stereocenters. The van der Waals surface area contributed by atoms with E-state index < -0.39 is 387 Å². The number of nitrogens with two attached hydrogens (primary N) is 3. The largest absolute Gasteiger partial charge is 0.508 e. The summed E-state index contributed by atoms with van der Waals surface area (Å²) >= 11 is 1.88. The van der Waals surface area contributed by atoms with E-state index in [9.17, 15) is 132 Å². The Balaban J connectivity index is 1.39. The van der Waals surface area contributed by atoms with Gasteiger partial charge in [-0.2, -0.15) is 48.2 Å². The lowest BCUT2D eigenvalue weighted by molar-refractivity contribution is -0.142. The molecule has 0 saturated carbocycles. The highest BCUT2D eigenvalue weighted by atomic mass is 32.2. The van der Waals surface area contributed by atoms with Gasteiger partial charge in [0.1, 0.15) is 78.3 Å². The molecular formula is C87H119N19O31S6. The number of thioether (sulfide) groups is 3. The quantitative estimate of drug-likeness (QED) is 0.0369. The summed E-state index contributed by atoms with van der Waals surface area (Å²) < 4.78 is 90.5. The second kappa shape index (κ2) is 54.1. The van der Waals surface area contributed by atoms with E-state index in [0.717, 1.165) is 13.8 Å². The smallest absolute Gasteiger partial charge is 0.305 e. The fraction of sp³-hybridized carbons (Fsp3) is 0.517. The Bertz CT molecular complexity index is 5720. The van der Waals surface area contributed by atoms with Gasteiger partial charge in [0.2, 0.25) is 119 Å². The average Bonchev–Trinajstić information content (AvgIpc) is 0.773. The van der Waals surface area contributed by atoms with Gasteiger partial charge >= 0.3 is 23.9 Å². The molecule has 56 heteroatoms. The third-order valence-corrected chi connectivity index (χ3v) is 31.7. The van der Waals surface area contributed by atoms with Crippen LogP contribution in [0.1, 0.15) is 110 Å². The number of rotatable bonds is 21. The number of fused-ring (bicyclic) bond motifs is 8. The zero-order chi connectivity index (χ0) is 106. The predicted molar refractivity (Wildman–Crippen MR) is 517 cm³/mol. The van der Waals surface area contributed by atoms with Gasteiger partial charge in [0.05, 0.1) is 74.5 Å². The first-order valence-corrected chi connectivity index (χ1v) is 52.9. The van der Waals surface area contributed by atoms with Crippen molar-refractivity contribution in [1.82, 2.24) is 82.0 Å². The third kappa shape index (κ3) is 37.5. The molecule has 143 heavy (non-hydrogen) atoms. The first-order chi connectivity index (χ1) is 67.0. The van der Waals surface area contributed by atoms with E-state index in [2.05, 4.69) is 69.1 Å². The number of amides is 15. The van der Waals surface area contributed by atoms with E-state index in [1.807, 2.05) is 0 Å². The minimum atomic E-state index is -5.04. The molecule has 50 nitrogen and oxygen atoms in total. The Hall–Kier alpha value is -12.7. The molecule has 4 bridgehead atoms. The lowest BCUT2D eigenvalue weighted by Crippen LogP contribution is -2.61. The molecular weight excluding hydrogens is 2000 g/mol. The molecule has 3 aliphatic heterocycles. The third-order valence-electron chi connectivity index (χ3n) is 22.5. The van der Waals surface area contributed by atoms with E-state index in [0.29, 0.717) is 64.5 Å².